The Labute approximate surface area is 83.8 Å². The molecule has 0 atom stereocenters. The van der Waals surface area contributed by atoms with E-state index in [1.165, 1.54) is 0 Å². The average Bonchev–Trinajstić information content (AvgIpc) is 2.45. The van der Waals surface area contributed by atoms with E-state index in [2.05, 4.69) is 6.92 Å². The third-order valence-electron chi connectivity index (χ3n) is 2.27. The fourth-order valence-corrected chi connectivity index (χ4v) is 1.45. The lowest BCUT2D eigenvalue weighted by atomic mass is 10.3. The van der Waals surface area contributed by atoms with Gasteiger partial charge in [0.2, 0.25) is 0 Å². The Bertz CT molecular complexity index is 318. The van der Waals surface area contributed by atoms with Crippen LogP contribution in [0.25, 0.3) is 0 Å². The van der Waals surface area contributed by atoms with Gasteiger partial charge in [-0.15, -0.1) is 0 Å². The quantitative estimate of drug-likeness (QED) is 0.708. The number of carbonyl (C=O) groups is 1. The lowest BCUT2D eigenvalue weighted by molar-refractivity contribution is -0.678. The summed E-state index contributed by atoms with van der Waals surface area (Å²) in [4.78, 5) is 10.6. The van der Waals surface area contributed by atoms with Crippen LogP contribution in [0.1, 0.15) is 25.6 Å². The molecule has 0 aliphatic heterocycles. The molecular formula is C10H17N2O2+. The Morgan fingerprint density at radius 3 is 2.93 bits per heavy atom. The number of imidazole rings is 1. The Morgan fingerprint density at radius 1 is 1.64 bits per heavy atom. The second-order valence-electron chi connectivity index (χ2n) is 3.44. The van der Waals surface area contributed by atoms with Gasteiger partial charge in [0, 0.05) is 0 Å². The second kappa shape index (κ2) is 4.79. The van der Waals surface area contributed by atoms with E-state index in [0.717, 1.165) is 25.2 Å². The number of aryl methyl sites for hydroxylation is 2. The highest BCUT2D eigenvalue weighted by molar-refractivity contribution is 5.68. The monoisotopic (exact) mass is 197 g/mol. The summed E-state index contributed by atoms with van der Waals surface area (Å²) in [6, 6.07) is 0. The van der Waals surface area contributed by atoms with Crippen molar-refractivity contribution in [2.75, 3.05) is 0 Å². The Morgan fingerprint density at radius 2 is 2.36 bits per heavy atom. The molecule has 4 heteroatoms. The molecule has 0 aliphatic rings. The minimum Gasteiger partial charge on any atom is -0.481 e. The van der Waals surface area contributed by atoms with E-state index in [0.29, 0.717) is 0 Å². The van der Waals surface area contributed by atoms with Crippen LogP contribution in [0.2, 0.25) is 0 Å². The van der Waals surface area contributed by atoms with Gasteiger partial charge in [-0.25, -0.2) is 9.13 Å². The molecule has 0 aliphatic carbocycles. The zero-order valence-electron chi connectivity index (χ0n) is 8.73. The molecule has 1 N–H and O–H groups in total. The van der Waals surface area contributed by atoms with Crippen LogP contribution in [-0.2, 0) is 24.8 Å². The molecule has 1 aromatic rings. The molecule has 1 heterocycles. The van der Waals surface area contributed by atoms with Gasteiger partial charge in [-0.1, -0.05) is 13.3 Å². The van der Waals surface area contributed by atoms with E-state index >= 15 is 0 Å². The van der Waals surface area contributed by atoms with Gasteiger partial charge in [-0.2, -0.15) is 0 Å². The van der Waals surface area contributed by atoms with Gasteiger partial charge in [0.25, 0.3) is 5.82 Å². The molecule has 78 valence electrons. The summed E-state index contributed by atoms with van der Waals surface area (Å²) < 4.78 is 3.88. The van der Waals surface area contributed by atoms with Crippen molar-refractivity contribution in [2.45, 2.75) is 32.7 Å². The van der Waals surface area contributed by atoms with Crippen molar-refractivity contribution in [3.05, 3.63) is 18.2 Å². The van der Waals surface area contributed by atoms with E-state index in [1.54, 1.807) is 0 Å². The van der Waals surface area contributed by atoms with Crippen molar-refractivity contribution < 1.29 is 14.5 Å². The fraction of sp³-hybridized carbons (Fsp3) is 0.600. The number of unbranched alkanes of at least 4 members (excludes halogenated alkanes) is 1. The zero-order chi connectivity index (χ0) is 10.6. The number of rotatable bonds is 5. The van der Waals surface area contributed by atoms with Gasteiger partial charge in [-0.3, -0.25) is 4.79 Å². The van der Waals surface area contributed by atoms with E-state index < -0.39 is 5.97 Å². The largest absolute Gasteiger partial charge is 0.481 e. The molecule has 0 unspecified atom stereocenters. The number of aliphatic carboxylic acids is 1. The molecule has 4 nitrogen and oxygen atoms in total. The topological polar surface area (TPSA) is 46.1 Å². The van der Waals surface area contributed by atoms with Crippen LogP contribution in [0.4, 0.5) is 0 Å². The predicted octanol–water partition coefficient (Wildman–Crippen LogP) is 0.740. The van der Waals surface area contributed by atoms with Gasteiger partial charge in [0.1, 0.15) is 18.8 Å². The van der Waals surface area contributed by atoms with E-state index in [1.807, 2.05) is 28.6 Å². The fourth-order valence-electron chi connectivity index (χ4n) is 1.45. The summed E-state index contributed by atoms with van der Waals surface area (Å²) in [5.74, 6) is 0.0722. The van der Waals surface area contributed by atoms with Crippen LogP contribution in [0, 0.1) is 0 Å². The minimum absolute atomic E-state index is 0.0905. The second-order valence-corrected chi connectivity index (χ2v) is 3.44. The standard InChI is InChI=1S/C10H16N2O2/c1-3-4-5-12-7-6-11(2)9(12)8-10(13)14/h6-7H,3-5,8H2,1-2H3/p+1. The highest BCUT2D eigenvalue weighted by Gasteiger charge is 2.17. The van der Waals surface area contributed by atoms with Gasteiger partial charge < -0.3 is 5.11 Å². The molecule has 0 bridgehead atoms. The SMILES string of the molecule is CCCCn1cc[n+](C)c1CC(=O)O. The molecule has 1 rings (SSSR count). The van der Waals surface area contributed by atoms with Crippen molar-refractivity contribution in [2.24, 2.45) is 7.05 Å². The average molecular weight is 197 g/mol. The lowest BCUT2D eigenvalue weighted by Crippen LogP contribution is -2.33. The van der Waals surface area contributed by atoms with Gasteiger partial charge >= 0.3 is 5.97 Å². The van der Waals surface area contributed by atoms with E-state index in [4.69, 9.17) is 5.11 Å². The lowest BCUT2D eigenvalue weighted by Gasteiger charge is -1.99. The smallest absolute Gasteiger partial charge is 0.315 e. The predicted molar refractivity (Wildman–Crippen MR) is 51.9 cm³/mol. The van der Waals surface area contributed by atoms with E-state index in [-0.39, 0.29) is 6.42 Å². The Balaban J connectivity index is 2.77. The summed E-state index contributed by atoms with van der Waals surface area (Å²) in [7, 11) is 1.88. The number of carboxylic acid groups (broad SMARTS) is 1. The van der Waals surface area contributed by atoms with Crippen molar-refractivity contribution in [1.29, 1.82) is 0 Å². The van der Waals surface area contributed by atoms with Crippen molar-refractivity contribution >= 4 is 5.97 Å². The van der Waals surface area contributed by atoms with Crippen molar-refractivity contribution in [1.82, 2.24) is 4.57 Å². The number of nitrogens with zero attached hydrogens (tertiary/aromatic N) is 2. The van der Waals surface area contributed by atoms with Crippen LogP contribution in [0.5, 0.6) is 0 Å². The van der Waals surface area contributed by atoms with Crippen LogP contribution in [0.3, 0.4) is 0 Å². The van der Waals surface area contributed by atoms with Crippen LogP contribution in [-0.4, -0.2) is 15.6 Å². The summed E-state index contributed by atoms with van der Waals surface area (Å²) in [5, 5.41) is 8.73. The molecule has 0 saturated carbocycles. The zero-order valence-corrected chi connectivity index (χ0v) is 8.73. The molecule has 0 amide bonds. The first-order valence-electron chi connectivity index (χ1n) is 4.90. The van der Waals surface area contributed by atoms with Gasteiger partial charge in [0.15, 0.2) is 0 Å². The van der Waals surface area contributed by atoms with Crippen molar-refractivity contribution in [3.63, 3.8) is 0 Å². The molecule has 0 saturated heterocycles. The summed E-state index contributed by atoms with van der Waals surface area (Å²) in [6.45, 7) is 3.03. The van der Waals surface area contributed by atoms with E-state index in [9.17, 15) is 4.79 Å². The first-order chi connectivity index (χ1) is 6.65. The third kappa shape index (κ3) is 2.58. The third-order valence-corrected chi connectivity index (χ3v) is 2.27. The minimum atomic E-state index is -0.781. The summed E-state index contributed by atoms with van der Waals surface area (Å²) in [6.07, 6.45) is 6.13. The van der Waals surface area contributed by atoms with Gasteiger partial charge in [-0.05, 0) is 6.42 Å². The number of aromatic nitrogens is 2. The van der Waals surface area contributed by atoms with Crippen LogP contribution in [0.15, 0.2) is 12.4 Å². The number of hydrogen-bond donors (Lipinski definition) is 1. The highest BCUT2D eigenvalue weighted by atomic mass is 16.4. The molecule has 0 fully saturated rings. The first kappa shape index (κ1) is 10.8. The Kier molecular flexibility index (Phi) is 3.68. The highest BCUT2D eigenvalue weighted by Crippen LogP contribution is 2.00. The molecular weight excluding hydrogens is 180 g/mol. The number of hydrogen-bond acceptors (Lipinski definition) is 1. The summed E-state index contributed by atoms with van der Waals surface area (Å²) >= 11 is 0. The van der Waals surface area contributed by atoms with Gasteiger partial charge in [0.05, 0.1) is 13.6 Å². The molecule has 0 spiro atoms. The van der Waals surface area contributed by atoms with Crippen LogP contribution < -0.4 is 4.57 Å². The maximum atomic E-state index is 10.6. The Hall–Kier alpha value is -1.32. The molecule has 1 aromatic heterocycles. The summed E-state index contributed by atoms with van der Waals surface area (Å²) in [5.41, 5.74) is 0. The van der Waals surface area contributed by atoms with Crippen LogP contribution >= 0.6 is 0 Å². The first-order valence-corrected chi connectivity index (χ1v) is 4.90. The maximum Gasteiger partial charge on any atom is 0.315 e. The molecule has 0 radical (unpaired) electrons. The number of carboxylic acids is 1. The van der Waals surface area contributed by atoms with Crippen molar-refractivity contribution in [3.8, 4) is 0 Å². The maximum absolute atomic E-state index is 10.6. The molecule has 14 heavy (non-hydrogen) atoms. The molecule has 0 aromatic carbocycles. The normalized spacial score (nSPS) is 10.4.